The maximum Gasteiger partial charge on any atom is 0.341 e. The van der Waals surface area contributed by atoms with E-state index in [9.17, 15) is 22.0 Å². The Morgan fingerprint density at radius 3 is 2.62 bits per heavy atom. The molecule has 0 saturated heterocycles. The number of carbonyl (C=O) groups is 1. The van der Waals surface area contributed by atoms with Crippen molar-refractivity contribution in [1.82, 2.24) is 0 Å². The molecule has 0 bridgehead atoms. The molecule has 0 aliphatic heterocycles. The van der Waals surface area contributed by atoms with Gasteiger partial charge in [-0.2, -0.15) is 8.78 Å². The van der Waals surface area contributed by atoms with Crippen LogP contribution < -0.4 is 5.32 Å². The van der Waals surface area contributed by atoms with Crippen LogP contribution in [0.4, 0.5) is 14.5 Å². The number of furan rings is 1. The van der Waals surface area contributed by atoms with Crippen LogP contribution in [0, 0.1) is 6.92 Å². The Kier molecular flexibility index (Phi) is 4.85. The van der Waals surface area contributed by atoms with Crippen molar-refractivity contribution in [2.24, 2.45) is 0 Å². The molecule has 1 amide bonds. The second-order valence-corrected chi connectivity index (χ2v) is 8.32. The van der Waals surface area contributed by atoms with Crippen LogP contribution in [0.1, 0.15) is 16.1 Å². The number of aryl methyl sites for hydroxylation is 1. The molecular weight excluding hydrogens is 432 g/mol. The number of benzene rings is 2. The zero-order valence-electron chi connectivity index (χ0n) is 13.3. The molecule has 3 aromatic rings. The summed E-state index contributed by atoms with van der Waals surface area (Å²) in [6, 6.07) is 9.98. The maximum absolute atomic E-state index is 12.7. The second kappa shape index (κ2) is 6.81. The van der Waals surface area contributed by atoms with Crippen molar-refractivity contribution in [3.05, 3.63) is 58.3 Å². The van der Waals surface area contributed by atoms with Gasteiger partial charge in [0.2, 0.25) is 9.84 Å². The average Bonchev–Trinajstić information content (AvgIpc) is 2.91. The van der Waals surface area contributed by atoms with Crippen molar-refractivity contribution in [3.63, 3.8) is 0 Å². The third-order valence-electron chi connectivity index (χ3n) is 3.76. The van der Waals surface area contributed by atoms with E-state index in [1.54, 1.807) is 25.1 Å². The summed E-state index contributed by atoms with van der Waals surface area (Å²) < 4.78 is 54.8. The Labute approximate surface area is 156 Å². The largest absolute Gasteiger partial charge is 0.451 e. The SMILES string of the molecule is Cc1c(C(=O)Nc2cccc(S(=O)(=O)C(F)F)c2)oc2ccc(Br)cc12. The first kappa shape index (κ1) is 18.5. The highest BCUT2D eigenvalue weighted by Crippen LogP contribution is 2.29. The first-order valence-electron chi connectivity index (χ1n) is 7.32. The maximum atomic E-state index is 12.7. The molecule has 26 heavy (non-hydrogen) atoms. The quantitative estimate of drug-likeness (QED) is 0.630. The summed E-state index contributed by atoms with van der Waals surface area (Å²) in [4.78, 5) is 11.9. The van der Waals surface area contributed by atoms with Crippen LogP contribution in [0.25, 0.3) is 11.0 Å². The summed E-state index contributed by atoms with van der Waals surface area (Å²) in [5.74, 6) is -4.09. The number of carbonyl (C=O) groups excluding carboxylic acids is 1. The third kappa shape index (κ3) is 3.36. The molecule has 0 unspecified atom stereocenters. The number of sulfone groups is 1. The highest BCUT2D eigenvalue weighted by Gasteiger charge is 2.27. The average molecular weight is 444 g/mol. The predicted octanol–water partition coefficient (Wildman–Crippen LogP) is 4.75. The summed E-state index contributed by atoms with van der Waals surface area (Å²) in [5.41, 5.74) is 1.19. The molecule has 136 valence electrons. The van der Waals surface area contributed by atoms with Gasteiger partial charge in [-0.25, -0.2) is 8.42 Å². The van der Waals surface area contributed by atoms with Gasteiger partial charge in [0.25, 0.3) is 5.91 Å². The lowest BCUT2D eigenvalue weighted by Gasteiger charge is -2.07. The Morgan fingerprint density at radius 2 is 1.92 bits per heavy atom. The Hall–Kier alpha value is -2.26. The van der Waals surface area contributed by atoms with E-state index in [1.807, 2.05) is 0 Å². The Balaban J connectivity index is 1.93. The van der Waals surface area contributed by atoms with Crippen molar-refractivity contribution < 1.29 is 26.4 Å². The molecule has 0 saturated carbocycles. The van der Waals surface area contributed by atoms with E-state index in [2.05, 4.69) is 21.2 Å². The minimum Gasteiger partial charge on any atom is -0.451 e. The lowest BCUT2D eigenvalue weighted by Crippen LogP contribution is -2.14. The third-order valence-corrected chi connectivity index (χ3v) is 5.63. The zero-order chi connectivity index (χ0) is 19.1. The molecule has 5 nitrogen and oxygen atoms in total. The van der Waals surface area contributed by atoms with Crippen molar-refractivity contribution in [2.45, 2.75) is 17.6 Å². The highest BCUT2D eigenvalue weighted by atomic mass is 79.9. The van der Waals surface area contributed by atoms with E-state index >= 15 is 0 Å². The lowest BCUT2D eigenvalue weighted by molar-refractivity contribution is 0.0998. The van der Waals surface area contributed by atoms with Crippen molar-refractivity contribution in [3.8, 4) is 0 Å². The Bertz CT molecular complexity index is 1110. The summed E-state index contributed by atoms with van der Waals surface area (Å²) in [7, 11) is -4.75. The van der Waals surface area contributed by atoms with Crippen molar-refractivity contribution >= 4 is 48.3 Å². The van der Waals surface area contributed by atoms with Gasteiger partial charge in [-0.05, 0) is 43.3 Å². The van der Waals surface area contributed by atoms with E-state index in [0.29, 0.717) is 11.1 Å². The van der Waals surface area contributed by atoms with Gasteiger partial charge >= 0.3 is 5.76 Å². The second-order valence-electron chi connectivity index (χ2n) is 5.48. The van der Waals surface area contributed by atoms with Crippen LogP contribution in [0.15, 0.2) is 56.2 Å². The highest BCUT2D eigenvalue weighted by molar-refractivity contribution is 9.10. The first-order valence-corrected chi connectivity index (χ1v) is 9.66. The van der Waals surface area contributed by atoms with E-state index < -0.39 is 26.4 Å². The molecule has 0 spiro atoms. The number of fused-ring (bicyclic) bond motifs is 1. The summed E-state index contributed by atoms with van der Waals surface area (Å²) >= 11 is 3.34. The summed E-state index contributed by atoms with van der Waals surface area (Å²) in [6.45, 7) is 1.71. The molecular formula is C17H12BrF2NO4S. The van der Waals surface area contributed by atoms with E-state index in [1.165, 1.54) is 12.1 Å². The molecule has 9 heteroatoms. The van der Waals surface area contributed by atoms with Gasteiger partial charge in [0.1, 0.15) is 5.58 Å². The lowest BCUT2D eigenvalue weighted by atomic mass is 10.1. The fraction of sp³-hybridized carbons (Fsp3) is 0.118. The molecule has 0 atom stereocenters. The van der Waals surface area contributed by atoms with E-state index in [4.69, 9.17) is 4.42 Å². The summed E-state index contributed by atoms with van der Waals surface area (Å²) in [5, 5.41) is 3.22. The van der Waals surface area contributed by atoms with Crippen LogP contribution in [0.2, 0.25) is 0 Å². The molecule has 3 rings (SSSR count). The van der Waals surface area contributed by atoms with Crippen LogP contribution in [-0.2, 0) is 9.84 Å². The number of hydrogen-bond acceptors (Lipinski definition) is 4. The number of halogens is 3. The number of amides is 1. The molecule has 0 fully saturated rings. The zero-order valence-corrected chi connectivity index (χ0v) is 15.7. The normalized spacial score (nSPS) is 11.9. The molecule has 1 heterocycles. The first-order chi connectivity index (χ1) is 12.2. The van der Waals surface area contributed by atoms with Crippen molar-refractivity contribution in [1.29, 1.82) is 0 Å². The van der Waals surface area contributed by atoms with Gasteiger partial charge < -0.3 is 9.73 Å². The molecule has 0 aliphatic rings. The molecule has 1 aromatic heterocycles. The van der Waals surface area contributed by atoms with Crippen LogP contribution in [-0.4, -0.2) is 20.1 Å². The molecule has 0 aliphatic carbocycles. The topological polar surface area (TPSA) is 76.4 Å². The molecule has 2 aromatic carbocycles. The predicted molar refractivity (Wildman–Crippen MR) is 96.2 cm³/mol. The fourth-order valence-corrected chi connectivity index (χ4v) is 3.58. The van der Waals surface area contributed by atoms with Crippen LogP contribution in [0.3, 0.4) is 0 Å². The standard InChI is InChI=1S/C17H12BrF2NO4S/c1-9-13-7-10(18)5-6-14(13)25-15(9)16(22)21-11-3-2-4-12(8-11)26(23,24)17(19)20/h2-8,17H,1H3,(H,21,22). The minimum atomic E-state index is -4.75. The van der Waals surface area contributed by atoms with Gasteiger partial charge in [-0.15, -0.1) is 0 Å². The smallest absolute Gasteiger partial charge is 0.341 e. The monoisotopic (exact) mass is 443 g/mol. The van der Waals surface area contributed by atoms with E-state index in [-0.39, 0.29) is 11.4 Å². The molecule has 0 radical (unpaired) electrons. The fourth-order valence-electron chi connectivity index (χ4n) is 2.45. The Morgan fingerprint density at radius 1 is 1.19 bits per heavy atom. The molecule has 1 N–H and O–H groups in total. The number of nitrogens with one attached hydrogen (secondary N) is 1. The number of rotatable bonds is 4. The van der Waals surface area contributed by atoms with Gasteiger partial charge in [-0.3, -0.25) is 4.79 Å². The number of anilines is 1. The van der Waals surface area contributed by atoms with Gasteiger partial charge in [-0.1, -0.05) is 22.0 Å². The van der Waals surface area contributed by atoms with Gasteiger partial charge in [0.05, 0.1) is 4.90 Å². The van der Waals surface area contributed by atoms with Crippen LogP contribution >= 0.6 is 15.9 Å². The summed E-state index contributed by atoms with van der Waals surface area (Å²) in [6.07, 6.45) is 0. The minimum absolute atomic E-state index is 0.0558. The van der Waals surface area contributed by atoms with Crippen molar-refractivity contribution in [2.75, 3.05) is 5.32 Å². The van der Waals surface area contributed by atoms with Gasteiger partial charge in [0, 0.05) is 21.1 Å². The van der Waals surface area contributed by atoms with Gasteiger partial charge in [0.15, 0.2) is 5.76 Å². The van der Waals surface area contributed by atoms with E-state index in [0.717, 1.165) is 22.0 Å². The van der Waals surface area contributed by atoms with Crippen LogP contribution in [0.5, 0.6) is 0 Å². The number of alkyl halides is 2. The number of hydrogen-bond donors (Lipinski definition) is 1.